The molecule has 3 nitrogen and oxygen atoms in total. The molecule has 1 heterocycles. The number of nitrogens with zero attached hydrogens (tertiary/aromatic N) is 2. The van der Waals surface area contributed by atoms with Crippen molar-refractivity contribution in [2.75, 3.05) is 6.54 Å². The van der Waals surface area contributed by atoms with Gasteiger partial charge in [-0.2, -0.15) is 9.68 Å². The second-order valence-electron chi connectivity index (χ2n) is 6.49. The lowest BCUT2D eigenvalue weighted by atomic mass is 9.82. The summed E-state index contributed by atoms with van der Waals surface area (Å²) in [5, 5.41) is 5.21. The Morgan fingerprint density at radius 1 is 1.12 bits per heavy atom. The van der Waals surface area contributed by atoms with Crippen molar-refractivity contribution < 1.29 is 4.58 Å². The lowest BCUT2D eigenvalue weighted by Gasteiger charge is -2.14. The standard InChI is InChI=1S/C20H22ClN3/c1-4-24-18-8-6-5-7-17(18)20(2,3)19(24)14-23-22-13-15-9-11-16(21)12-10-15/h5-12,14H,4,13H2,1-3H3/p+1. The average Bonchev–Trinajstić information content (AvgIpc) is 2.80. The Morgan fingerprint density at radius 2 is 1.83 bits per heavy atom. The Balaban J connectivity index is 1.77. The summed E-state index contributed by atoms with van der Waals surface area (Å²) in [5.41, 5.74) is 8.10. The molecule has 2 aromatic rings. The predicted octanol–water partition coefficient (Wildman–Crippen LogP) is 4.51. The minimum Gasteiger partial charge on any atom is -0.305 e. The second-order valence-corrected chi connectivity index (χ2v) is 6.93. The first-order chi connectivity index (χ1) is 11.5. The number of hydrazone groups is 1. The number of hydrogen-bond donors (Lipinski definition) is 1. The van der Waals surface area contributed by atoms with Crippen molar-refractivity contribution in [1.29, 1.82) is 0 Å². The highest BCUT2D eigenvalue weighted by Gasteiger charge is 2.44. The van der Waals surface area contributed by atoms with Gasteiger partial charge in [0.2, 0.25) is 11.4 Å². The minimum absolute atomic E-state index is 0.0436. The summed E-state index contributed by atoms with van der Waals surface area (Å²) in [6.07, 6.45) is 1.96. The van der Waals surface area contributed by atoms with Crippen LogP contribution in [-0.4, -0.2) is 23.0 Å². The summed E-state index contributed by atoms with van der Waals surface area (Å²) < 4.78 is 2.34. The summed E-state index contributed by atoms with van der Waals surface area (Å²) in [5.74, 6) is 0. The highest BCUT2D eigenvalue weighted by atomic mass is 35.5. The van der Waals surface area contributed by atoms with Crippen LogP contribution in [0.15, 0.2) is 53.6 Å². The maximum absolute atomic E-state index is 5.91. The molecule has 0 unspecified atom stereocenters. The van der Waals surface area contributed by atoms with Crippen LogP contribution in [0, 0.1) is 0 Å². The van der Waals surface area contributed by atoms with E-state index in [9.17, 15) is 0 Å². The molecule has 1 aliphatic rings. The summed E-state index contributed by atoms with van der Waals surface area (Å²) in [6, 6.07) is 16.4. The molecule has 0 atom stereocenters. The third-order valence-electron chi connectivity index (χ3n) is 4.59. The van der Waals surface area contributed by atoms with Gasteiger partial charge in [0.05, 0.1) is 12.0 Å². The Hall–Kier alpha value is -2.13. The molecule has 0 amide bonds. The lowest BCUT2D eigenvalue weighted by Crippen LogP contribution is -2.31. The molecule has 0 bridgehead atoms. The second kappa shape index (κ2) is 6.78. The molecule has 2 aromatic carbocycles. The Labute approximate surface area is 148 Å². The summed E-state index contributed by atoms with van der Waals surface area (Å²) in [6.45, 7) is 8.29. The van der Waals surface area contributed by atoms with E-state index in [0.29, 0.717) is 6.54 Å². The topological polar surface area (TPSA) is 27.4 Å². The highest BCUT2D eigenvalue weighted by Crippen LogP contribution is 2.38. The Morgan fingerprint density at radius 3 is 2.54 bits per heavy atom. The van der Waals surface area contributed by atoms with E-state index in [-0.39, 0.29) is 5.41 Å². The zero-order chi connectivity index (χ0) is 17.2. The molecule has 0 aromatic heterocycles. The third kappa shape index (κ3) is 3.09. The fourth-order valence-electron chi connectivity index (χ4n) is 3.26. The first kappa shape index (κ1) is 16.7. The zero-order valence-corrected chi connectivity index (χ0v) is 15.1. The maximum Gasteiger partial charge on any atom is 0.212 e. The van der Waals surface area contributed by atoms with Crippen LogP contribution in [0.3, 0.4) is 0 Å². The van der Waals surface area contributed by atoms with Gasteiger partial charge in [-0.05, 0) is 38.5 Å². The van der Waals surface area contributed by atoms with E-state index in [4.69, 9.17) is 11.6 Å². The lowest BCUT2D eigenvalue weighted by molar-refractivity contribution is -0.431. The smallest absolute Gasteiger partial charge is 0.212 e. The summed E-state index contributed by atoms with van der Waals surface area (Å²) in [7, 11) is 0. The monoisotopic (exact) mass is 340 g/mol. The third-order valence-corrected chi connectivity index (χ3v) is 4.84. The molecule has 3 rings (SSSR count). The molecule has 124 valence electrons. The van der Waals surface area contributed by atoms with Gasteiger partial charge in [-0.3, -0.25) is 0 Å². The molecule has 0 spiro atoms. The van der Waals surface area contributed by atoms with Crippen molar-refractivity contribution in [3.8, 4) is 0 Å². The van der Waals surface area contributed by atoms with E-state index in [2.05, 4.69) is 60.1 Å². The van der Waals surface area contributed by atoms with Crippen LogP contribution < -0.4 is 5.43 Å². The number of rotatable bonds is 5. The van der Waals surface area contributed by atoms with Crippen molar-refractivity contribution in [2.45, 2.75) is 32.7 Å². The van der Waals surface area contributed by atoms with Gasteiger partial charge in [0.15, 0.2) is 0 Å². The van der Waals surface area contributed by atoms with E-state index < -0.39 is 0 Å². The maximum atomic E-state index is 5.91. The zero-order valence-electron chi connectivity index (χ0n) is 14.4. The molecule has 0 radical (unpaired) electrons. The number of para-hydroxylation sites is 1. The van der Waals surface area contributed by atoms with Crippen LogP contribution in [0.2, 0.25) is 5.02 Å². The number of halogens is 1. The molecule has 0 saturated carbocycles. The van der Waals surface area contributed by atoms with Crippen LogP contribution in [0.1, 0.15) is 31.9 Å². The normalized spacial score (nSPS) is 15.8. The van der Waals surface area contributed by atoms with E-state index in [1.807, 2.05) is 30.5 Å². The average molecular weight is 341 g/mol. The molecule has 0 fully saturated rings. The van der Waals surface area contributed by atoms with E-state index in [0.717, 1.165) is 17.1 Å². The van der Waals surface area contributed by atoms with E-state index in [1.165, 1.54) is 17.0 Å². The largest absolute Gasteiger partial charge is 0.305 e. The minimum atomic E-state index is -0.0436. The predicted molar refractivity (Wildman–Crippen MR) is 102 cm³/mol. The van der Waals surface area contributed by atoms with Crippen molar-refractivity contribution in [1.82, 2.24) is 5.43 Å². The van der Waals surface area contributed by atoms with Gasteiger partial charge >= 0.3 is 0 Å². The van der Waals surface area contributed by atoms with Gasteiger partial charge in [-0.25, -0.2) is 0 Å². The SMILES string of the molecule is CC[N+]1=C(C=NNCc2ccc(Cl)cc2)C(C)(C)c2ccccc21. The quantitative estimate of drug-likeness (QED) is 0.484. The van der Waals surface area contributed by atoms with Crippen molar-refractivity contribution in [2.24, 2.45) is 5.10 Å². The Bertz CT molecular complexity index is 789. The number of benzene rings is 2. The summed E-state index contributed by atoms with van der Waals surface area (Å²) in [4.78, 5) is 0. The van der Waals surface area contributed by atoms with Crippen LogP contribution in [-0.2, 0) is 12.0 Å². The Kier molecular flexibility index (Phi) is 4.72. The molecular weight excluding hydrogens is 318 g/mol. The highest BCUT2D eigenvalue weighted by molar-refractivity contribution is 6.33. The van der Waals surface area contributed by atoms with E-state index >= 15 is 0 Å². The van der Waals surface area contributed by atoms with Crippen LogP contribution in [0.5, 0.6) is 0 Å². The molecular formula is C20H23ClN3+. The number of fused-ring (bicyclic) bond motifs is 1. The molecule has 4 heteroatoms. The van der Waals surface area contributed by atoms with Crippen LogP contribution >= 0.6 is 11.6 Å². The first-order valence-corrected chi connectivity index (χ1v) is 8.66. The summed E-state index contributed by atoms with van der Waals surface area (Å²) >= 11 is 5.91. The van der Waals surface area contributed by atoms with Gasteiger partial charge < -0.3 is 5.43 Å². The van der Waals surface area contributed by atoms with E-state index in [1.54, 1.807) is 0 Å². The van der Waals surface area contributed by atoms with Crippen LogP contribution in [0.4, 0.5) is 5.69 Å². The molecule has 1 aliphatic heterocycles. The number of hydrogen-bond acceptors (Lipinski definition) is 2. The molecule has 24 heavy (non-hydrogen) atoms. The fourth-order valence-corrected chi connectivity index (χ4v) is 3.39. The van der Waals surface area contributed by atoms with Crippen molar-refractivity contribution in [3.63, 3.8) is 0 Å². The number of nitrogens with one attached hydrogen (secondary N) is 1. The fraction of sp³-hybridized carbons (Fsp3) is 0.300. The van der Waals surface area contributed by atoms with Crippen LogP contribution in [0.25, 0.3) is 0 Å². The van der Waals surface area contributed by atoms with Gasteiger partial charge in [-0.1, -0.05) is 41.9 Å². The molecule has 0 saturated heterocycles. The van der Waals surface area contributed by atoms with Crippen molar-refractivity contribution >= 4 is 29.2 Å². The molecule has 0 aliphatic carbocycles. The van der Waals surface area contributed by atoms with Gasteiger partial charge in [-0.15, -0.1) is 0 Å². The van der Waals surface area contributed by atoms with Gasteiger partial charge in [0, 0.05) is 16.7 Å². The van der Waals surface area contributed by atoms with Gasteiger partial charge in [0.1, 0.15) is 12.8 Å². The van der Waals surface area contributed by atoms with Crippen molar-refractivity contribution in [3.05, 3.63) is 64.7 Å². The molecule has 1 N–H and O–H groups in total. The van der Waals surface area contributed by atoms with Gasteiger partial charge in [0.25, 0.3) is 0 Å². The first-order valence-electron chi connectivity index (χ1n) is 8.29.